The molecular weight excluding hydrogens is 262 g/mol. The van der Waals surface area contributed by atoms with Crippen LogP contribution in [-0.4, -0.2) is 7.11 Å². The van der Waals surface area contributed by atoms with Crippen LogP contribution in [0.25, 0.3) is 0 Å². The van der Waals surface area contributed by atoms with Crippen molar-refractivity contribution in [1.29, 1.82) is 5.26 Å². The second-order valence-corrected chi connectivity index (χ2v) is 4.48. The first-order valence-corrected chi connectivity index (χ1v) is 6.03. The number of methoxy groups -OCH3 is 1. The monoisotopic (exact) mass is 273 g/mol. The molecule has 2 rings (SSSR count). The molecule has 0 bridgehead atoms. The molecule has 2 aromatic carbocycles. The zero-order valence-corrected chi connectivity index (χ0v) is 11.4. The lowest BCUT2D eigenvalue weighted by Crippen LogP contribution is -1.91. The molecule has 0 aromatic heterocycles. The van der Waals surface area contributed by atoms with Crippen molar-refractivity contribution < 1.29 is 9.47 Å². The largest absolute Gasteiger partial charge is 0.493 e. The predicted octanol–water partition coefficient (Wildman–Crippen LogP) is 4.32. The van der Waals surface area contributed by atoms with Crippen LogP contribution in [0.1, 0.15) is 11.1 Å². The molecule has 0 amide bonds. The molecule has 0 aliphatic rings. The summed E-state index contributed by atoms with van der Waals surface area (Å²) in [6.45, 7) is 1.91. The van der Waals surface area contributed by atoms with Gasteiger partial charge in [-0.1, -0.05) is 11.6 Å². The van der Waals surface area contributed by atoms with Crippen molar-refractivity contribution in [3.8, 4) is 23.3 Å². The molecule has 0 N–H and O–H groups in total. The lowest BCUT2D eigenvalue weighted by molar-refractivity contribution is 0.379. The van der Waals surface area contributed by atoms with Gasteiger partial charge in [-0.25, -0.2) is 0 Å². The topological polar surface area (TPSA) is 42.2 Å². The summed E-state index contributed by atoms with van der Waals surface area (Å²) in [5.74, 6) is 1.70. The van der Waals surface area contributed by atoms with Crippen LogP contribution in [0.15, 0.2) is 36.4 Å². The van der Waals surface area contributed by atoms with E-state index in [0.717, 1.165) is 5.56 Å². The van der Waals surface area contributed by atoms with Gasteiger partial charge in [-0.2, -0.15) is 5.26 Å². The molecule has 0 aliphatic heterocycles. The molecule has 0 heterocycles. The van der Waals surface area contributed by atoms with Crippen molar-refractivity contribution >= 4 is 11.6 Å². The number of nitrogens with zero attached hydrogens (tertiary/aromatic N) is 1. The van der Waals surface area contributed by atoms with Crippen molar-refractivity contribution in [2.45, 2.75) is 6.92 Å². The quantitative estimate of drug-likeness (QED) is 0.836. The fourth-order valence-corrected chi connectivity index (χ4v) is 1.89. The highest BCUT2D eigenvalue weighted by molar-refractivity contribution is 6.30. The van der Waals surface area contributed by atoms with Gasteiger partial charge in [0, 0.05) is 11.1 Å². The molecule has 4 heteroatoms. The number of ether oxygens (including phenoxy) is 2. The Kier molecular flexibility index (Phi) is 3.94. The van der Waals surface area contributed by atoms with Crippen LogP contribution in [0.5, 0.6) is 17.2 Å². The van der Waals surface area contributed by atoms with Gasteiger partial charge in [0.2, 0.25) is 0 Å². The van der Waals surface area contributed by atoms with Gasteiger partial charge in [0.15, 0.2) is 11.5 Å². The molecule has 0 atom stereocenters. The zero-order valence-electron chi connectivity index (χ0n) is 10.6. The first kappa shape index (κ1) is 13.3. The summed E-state index contributed by atoms with van der Waals surface area (Å²) in [5.41, 5.74) is 1.52. The number of hydrogen-bond acceptors (Lipinski definition) is 3. The number of hydrogen-bond donors (Lipinski definition) is 0. The summed E-state index contributed by atoms with van der Waals surface area (Å²) >= 11 is 5.89. The van der Waals surface area contributed by atoms with Crippen molar-refractivity contribution in [3.05, 3.63) is 52.5 Å². The van der Waals surface area contributed by atoms with Crippen LogP contribution in [0.4, 0.5) is 0 Å². The van der Waals surface area contributed by atoms with Gasteiger partial charge in [0.05, 0.1) is 18.7 Å². The summed E-state index contributed by atoms with van der Waals surface area (Å²) in [4.78, 5) is 0. The van der Waals surface area contributed by atoms with Crippen LogP contribution >= 0.6 is 11.6 Å². The van der Waals surface area contributed by atoms with Crippen molar-refractivity contribution in [2.75, 3.05) is 7.11 Å². The average molecular weight is 274 g/mol. The van der Waals surface area contributed by atoms with E-state index in [0.29, 0.717) is 27.8 Å². The molecule has 96 valence electrons. The van der Waals surface area contributed by atoms with Gasteiger partial charge in [-0.3, -0.25) is 0 Å². The minimum Gasteiger partial charge on any atom is -0.493 e. The Morgan fingerprint density at radius 3 is 2.58 bits per heavy atom. The highest BCUT2D eigenvalue weighted by Crippen LogP contribution is 2.34. The maximum atomic E-state index is 8.94. The highest BCUT2D eigenvalue weighted by Gasteiger charge is 2.07. The van der Waals surface area contributed by atoms with Gasteiger partial charge in [-0.05, 0) is 42.8 Å². The fourth-order valence-electron chi connectivity index (χ4n) is 1.72. The Labute approximate surface area is 117 Å². The Bertz CT molecular complexity index is 647. The lowest BCUT2D eigenvalue weighted by atomic mass is 10.1. The number of nitriles is 1. The molecule has 19 heavy (non-hydrogen) atoms. The second-order valence-electron chi connectivity index (χ2n) is 4.04. The zero-order chi connectivity index (χ0) is 13.8. The van der Waals surface area contributed by atoms with E-state index in [1.165, 1.54) is 0 Å². The maximum Gasteiger partial charge on any atom is 0.169 e. The summed E-state index contributed by atoms with van der Waals surface area (Å²) < 4.78 is 11.0. The smallest absolute Gasteiger partial charge is 0.169 e. The minimum atomic E-state index is 0.549. The molecule has 0 aliphatic carbocycles. The van der Waals surface area contributed by atoms with Crippen LogP contribution in [0, 0.1) is 18.3 Å². The van der Waals surface area contributed by atoms with E-state index in [1.807, 2.05) is 13.0 Å². The molecule has 0 unspecified atom stereocenters. The third-order valence-corrected chi connectivity index (χ3v) is 2.77. The number of aryl methyl sites for hydroxylation is 1. The Balaban J connectivity index is 2.36. The molecule has 0 radical (unpaired) electrons. The maximum absolute atomic E-state index is 8.94. The van der Waals surface area contributed by atoms with Gasteiger partial charge in [-0.15, -0.1) is 0 Å². The number of halogens is 1. The first-order chi connectivity index (χ1) is 9.12. The van der Waals surface area contributed by atoms with Crippen LogP contribution < -0.4 is 9.47 Å². The average Bonchev–Trinajstić information content (AvgIpc) is 2.40. The summed E-state index contributed by atoms with van der Waals surface area (Å²) in [6.07, 6.45) is 0. The van der Waals surface area contributed by atoms with E-state index in [1.54, 1.807) is 37.4 Å². The lowest BCUT2D eigenvalue weighted by Gasteiger charge is -2.11. The summed E-state index contributed by atoms with van der Waals surface area (Å²) in [5, 5.41) is 9.52. The highest BCUT2D eigenvalue weighted by atomic mass is 35.5. The number of rotatable bonds is 3. The first-order valence-electron chi connectivity index (χ1n) is 5.65. The van der Waals surface area contributed by atoms with Gasteiger partial charge in [0.1, 0.15) is 5.75 Å². The molecular formula is C15H12ClNO2. The Hall–Kier alpha value is -2.18. The SMILES string of the molecule is COc1cc(Cl)ccc1Oc1cc(C)cc(C#N)c1. The molecule has 2 aromatic rings. The van der Waals surface area contributed by atoms with Crippen LogP contribution in [0.2, 0.25) is 5.02 Å². The van der Waals surface area contributed by atoms with E-state index in [2.05, 4.69) is 6.07 Å². The normalized spacial score (nSPS) is 9.79. The Morgan fingerprint density at radius 1 is 1.11 bits per heavy atom. The van der Waals surface area contributed by atoms with Crippen LogP contribution in [0.3, 0.4) is 0 Å². The fraction of sp³-hybridized carbons (Fsp3) is 0.133. The van der Waals surface area contributed by atoms with E-state index >= 15 is 0 Å². The molecule has 0 saturated carbocycles. The van der Waals surface area contributed by atoms with Gasteiger partial charge in [0.25, 0.3) is 0 Å². The minimum absolute atomic E-state index is 0.549. The summed E-state index contributed by atoms with van der Waals surface area (Å²) in [6, 6.07) is 12.6. The van der Waals surface area contributed by atoms with Crippen molar-refractivity contribution in [2.24, 2.45) is 0 Å². The third kappa shape index (κ3) is 3.18. The van der Waals surface area contributed by atoms with Crippen molar-refractivity contribution in [3.63, 3.8) is 0 Å². The van der Waals surface area contributed by atoms with E-state index in [-0.39, 0.29) is 0 Å². The van der Waals surface area contributed by atoms with Gasteiger partial charge < -0.3 is 9.47 Å². The van der Waals surface area contributed by atoms with Gasteiger partial charge >= 0.3 is 0 Å². The van der Waals surface area contributed by atoms with E-state index in [9.17, 15) is 0 Å². The predicted molar refractivity (Wildman–Crippen MR) is 74.0 cm³/mol. The standard InChI is InChI=1S/C15H12ClNO2/c1-10-5-11(9-17)7-13(6-10)19-14-4-3-12(16)8-15(14)18-2/h3-8H,1-2H3. The van der Waals surface area contributed by atoms with E-state index < -0.39 is 0 Å². The van der Waals surface area contributed by atoms with Crippen LogP contribution in [-0.2, 0) is 0 Å². The van der Waals surface area contributed by atoms with Crippen molar-refractivity contribution in [1.82, 2.24) is 0 Å². The van der Waals surface area contributed by atoms with E-state index in [4.69, 9.17) is 26.3 Å². The Morgan fingerprint density at radius 2 is 1.89 bits per heavy atom. The summed E-state index contributed by atoms with van der Waals surface area (Å²) in [7, 11) is 1.55. The molecule has 0 spiro atoms. The third-order valence-electron chi connectivity index (χ3n) is 2.53. The molecule has 0 fully saturated rings. The molecule has 3 nitrogen and oxygen atoms in total. The molecule has 0 saturated heterocycles. The number of benzene rings is 2. The second kappa shape index (κ2) is 5.64.